The third-order valence-corrected chi connectivity index (χ3v) is 3.35. The van der Waals surface area contributed by atoms with E-state index in [1.165, 1.54) is 6.42 Å². The first-order valence-electron chi connectivity index (χ1n) is 5.62. The van der Waals surface area contributed by atoms with Crippen molar-refractivity contribution in [3.05, 3.63) is 0 Å². The van der Waals surface area contributed by atoms with Crippen molar-refractivity contribution in [1.82, 2.24) is 9.80 Å². The summed E-state index contributed by atoms with van der Waals surface area (Å²) in [6.45, 7) is 4.46. The molecule has 0 aliphatic carbocycles. The molecule has 3 unspecified atom stereocenters. The van der Waals surface area contributed by atoms with Crippen molar-refractivity contribution < 1.29 is 9.84 Å². The molecule has 0 aromatic carbocycles. The summed E-state index contributed by atoms with van der Waals surface area (Å²) in [7, 11) is 5.86. The van der Waals surface area contributed by atoms with Crippen molar-refractivity contribution in [1.29, 1.82) is 0 Å². The van der Waals surface area contributed by atoms with E-state index in [0.29, 0.717) is 25.2 Å². The largest absolute Gasteiger partial charge is 0.389 e. The van der Waals surface area contributed by atoms with Gasteiger partial charge in [-0.2, -0.15) is 0 Å². The highest BCUT2D eigenvalue weighted by atomic mass is 16.5. The van der Waals surface area contributed by atoms with Crippen LogP contribution in [0, 0.1) is 0 Å². The van der Waals surface area contributed by atoms with Crippen molar-refractivity contribution in [3.8, 4) is 0 Å². The Kier molecular flexibility index (Phi) is 4.99. The van der Waals surface area contributed by atoms with Gasteiger partial charge in [-0.3, -0.25) is 4.90 Å². The van der Waals surface area contributed by atoms with Gasteiger partial charge in [-0.05, 0) is 27.4 Å². The van der Waals surface area contributed by atoms with E-state index in [9.17, 15) is 5.11 Å². The number of hydrogen-bond donors (Lipinski definition) is 1. The molecule has 4 heteroatoms. The van der Waals surface area contributed by atoms with Gasteiger partial charge in [0, 0.05) is 32.3 Å². The summed E-state index contributed by atoms with van der Waals surface area (Å²) >= 11 is 0. The number of methoxy groups -OCH3 is 1. The number of aliphatic hydroxyl groups is 1. The molecule has 4 nitrogen and oxygen atoms in total. The molecule has 1 aliphatic rings. The van der Waals surface area contributed by atoms with Gasteiger partial charge in [0.1, 0.15) is 0 Å². The maximum Gasteiger partial charge on any atom is 0.0900 e. The van der Waals surface area contributed by atoms with Crippen LogP contribution in [0.2, 0.25) is 0 Å². The SMILES string of the molecule is COCC(O)CN(C)C1CC(C)N(C)C1. The molecule has 1 aliphatic heterocycles. The van der Waals surface area contributed by atoms with Gasteiger partial charge in [0.15, 0.2) is 0 Å². The van der Waals surface area contributed by atoms with E-state index in [4.69, 9.17) is 4.74 Å². The molecular weight excluding hydrogens is 192 g/mol. The fraction of sp³-hybridized carbons (Fsp3) is 1.00. The van der Waals surface area contributed by atoms with E-state index in [0.717, 1.165) is 6.54 Å². The van der Waals surface area contributed by atoms with Gasteiger partial charge >= 0.3 is 0 Å². The summed E-state index contributed by atoms with van der Waals surface area (Å²) in [5.74, 6) is 0. The molecule has 1 saturated heterocycles. The number of likely N-dealkylation sites (N-methyl/N-ethyl adjacent to an activating group) is 2. The minimum absolute atomic E-state index is 0.374. The molecule has 1 N–H and O–H groups in total. The lowest BCUT2D eigenvalue weighted by Gasteiger charge is -2.26. The summed E-state index contributed by atoms with van der Waals surface area (Å²) in [5.41, 5.74) is 0. The Morgan fingerprint density at radius 3 is 2.73 bits per heavy atom. The highest BCUT2D eigenvalue weighted by Gasteiger charge is 2.29. The highest BCUT2D eigenvalue weighted by Crippen LogP contribution is 2.19. The minimum atomic E-state index is -0.374. The molecule has 90 valence electrons. The fourth-order valence-electron chi connectivity index (χ4n) is 2.21. The van der Waals surface area contributed by atoms with E-state index >= 15 is 0 Å². The zero-order valence-corrected chi connectivity index (χ0v) is 10.3. The standard InChI is InChI=1S/C11H24N2O2/c1-9-5-10(6-12(9)2)13(3)7-11(14)8-15-4/h9-11,14H,5-8H2,1-4H3. The molecule has 15 heavy (non-hydrogen) atoms. The first-order chi connectivity index (χ1) is 7.04. The zero-order chi connectivity index (χ0) is 11.4. The van der Waals surface area contributed by atoms with Crippen LogP contribution in [-0.4, -0.2) is 74.0 Å². The van der Waals surface area contributed by atoms with Gasteiger partial charge in [0.25, 0.3) is 0 Å². The topological polar surface area (TPSA) is 35.9 Å². The number of nitrogens with zero attached hydrogens (tertiary/aromatic N) is 2. The number of aliphatic hydroxyl groups excluding tert-OH is 1. The average molecular weight is 216 g/mol. The number of hydrogen-bond acceptors (Lipinski definition) is 4. The molecule has 0 spiro atoms. The lowest BCUT2D eigenvalue weighted by Crippen LogP contribution is -2.40. The Hall–Kier alpha value is -0.160. The van der Waals surface area contributed by atoms with Crippen LogP contribution in [-0.2, 0) is 4.74 Å². The molecule has 0 radical (unpaired) electrons. The molecule has 0 saturated carbocycles. The zero-order valence-electron chi connectivity index (χ0n) is 10.3. The highest BCUT2D eigenvalue weighted by molar-refractivity contribution is 4.86. The Morgan fingerprint density at radius 1 is 1.60 bits per heavy atom. The van der Waals surface area contributed by atoms with Crippen LogP contribution in [0.1, 0.15) is 13.3 Å². The monoisotopic (exact) mass is 216 g/mol. The second-order valence-corrected chi connectivity index (χ2v) is 4.73. The maximum atomic E-state index is 9.63. The van der Waals surface area contributed by atoms with E-state index in [1.807, 2.05) is 0 Å². The van der Waals surface area contributed by atoms with E-state index in [2.05, 4.69) is 30.8 Å². The lowest BCUT2D eigenvalue weighted by atomic mass is 10.1. The molecular formula is C11H24N2O2. The van der Waals surface area contributed by atoms with Crippen LogP contribution < -0.4 is 0 Å². The Morgan fingerprint density at radius 2 is 2.27 bits per heavy atom. The first-order valence-corrected chi connectivity index (χ1v) is 5.62. The van der Waals surface area contributed by atoms with Crippen LogP contribution in [0.15, 0.2) is 0 Å². The van der Waals surface area contributed by atoms with Crippen LogP contribution in [0.5, 0.6) is 0 Å². The summed E-state index contributed by atoms with van der Waals surface area (Å²) in [6, 6.07) is 1.22. The maximum absolute atomic E-state index is 9.63. The average Bonchev–Trinajstić information content (AvgIpc) is 2.47. The third kappa shape index (κ3) is 3.72. The first kappa shape index (κ1) is 12.9. The van der Waals surface area contributed by atoms with Gasteiger partial charge in [-0.1, -0.05) is 0 Å². The van der Waals surface area contributed by atoms with Gasteiger partial charge in [-0.25, -0.2) is 0 Å². The Labute approximate surface area is 92.8 Å². The van der Waals surface area contributed by atoms with Crippen molar-refractivity contribution >= 4 is 0 Å². The molecule has 1 heterocycles. The Bertz CT molecular complexity index is 179. The van der Waals surface area contributed by atoms with Crippen LogP contribution in [0.4, 0.5) is 0 Å². The minimum Gasteiger partial charge on any atom is -0.389 e. The second kappa shape index (κ2) is 5.80. The van der Waals surface area contributed by atoms with E-state index in [-0.39, 0.29) is 6.10 Å². The van der Waals surface area contributed by atoms with E-state index in [1.54, 1.807) is 7.11 Å². The summed E-state index contributed by atoms with van der Waals surface area (Å²) < 4.78 is 4.92. The Balaban J connectivity index is 2.31. The summed E-state index contributed by atoms with van der Waals surface area (Å²) in [5, 5.41) is 9.63. The smallest absolute Gasteiger partial charge is 0.0900 e. The number of ether oxygens (including phenoxy) is 1. The normalized spacial score (nSPS) is 30.0. The van der Waals surface area contributed by atoms with Crippen molar-refractivity contribution in [2.75, 3.05) is 40.9 Å². The predicted octanol–water partition coefficient (Wildman–Crippen LogP) is 0.0181. The second-order valence-electron chi connectivity index (χ2n) is 4.73. The van der Waals surface area contributed by atoms with Gasteiger partial charge in [0.2, 0.25) is 0 Å². The summed E-state index contributed by atoms with van der Waals surface area (Å²) in [6.07, 6.45) is 0.813. The van der Waals surface area contributed by atoms with Crippen LogP contribution in [0.3, 0.4) is 0 Å². The van der Waals surface area contributed by atoms with Crippen LogP contribution in [0.25, 0.3) is 0 Å². The molecule has 0 aromatic rings. The predicted molar refractivity (Wildman–Crippen MR) is 61.0 cm³/mol. The van der Waals surface area contributed by atoms with Gasteiger partial charge in [0.05, 0.1) is 12.7 Å². The van der Waals surface area contributed by atoms with Gasteiger partial charge in [-0.15, -0.1) is 0 Å². The molecule has 0 amide bonds. The molecule has 0 bridgehead atoms. The molecule has 0 aromatic heterocycles. The molecule has 1 rings (SSSR count). The molecule has 1 fully saturated rings. The summed E-state index contributed by atoms with van der Waals surface area (Å²) in [4.78, 5) is 4.60. The lowest BCUT2D eigenvalue weighted by molar-refractivity contribution is 0.0352. The van der Waals surface area contributed by atoms with Crippen LogP contribution >= 0.6 is 0 Å². The van der Waals surface area contributed by atoms with Gasteiger partial charge < -0.3 is 14.7 Å². The van der Waals surface area contributed by atoms with E-state index < -0.39 is 0 Å². The van der Waals surface area contributed by atoms with Crippen molar-refractivity contribution in [2.45, 2.75) is 31.5 Å². The molecule has 3 atom stereocenters. The third-order valence-electron chi connectivity index (χ3n) is 3.35. The number of likely N-dealkylation sites (tertiary alicyclic amines) is 1. The van der Waals surface area contributed by atoms with Crippen molar-refractivity contribution in [3.63, 3.8) is 0 Å². The van der Waals surface area contributed by atoms with Crippen molar-refractivity contribution in [2.24, 2.45) is 0 Å². The number of rotatable bonds is 5. The quantitative estimate of drug-likeness (QED) is 0.703. The fourth-order valence-corrected chi connectivity index (χ4v) is 2.21.